The predicted octanol–water partition coefficient (Wildman–Crippen LogP) is 5.11. The van der Waals surface area contributed by atoms with Crippen LogP contribution in [0.15, 0.2) is 24.3 Å². The lowest BCUT2D eigenvalue weighted by molar-refractivity contribution is 0.110. The number of methoxy groups -OCH3 is 1. The predicted molar refractivity (Wildman–Crippen MR) is 91.8 cm³/mol. The van der Waals surface area contributed by atoms with E-state index >= 15 is 0 Å². The van der Waals surface area contributed by atoms with Gasteiger partial charge >= 0.3 is 0 Å². The summed E-state index contributed by atoms with van der Waals surface area (Å²) in [6.07, 6.45) is 1.34. The molecular formula is C17H29NOS. The summed E-state index contributed by atoms with van der Waals surface area (Å²) in [4.78, 5) is 0. The van der Waals surface area contributed by atoms with Crippen LogP contribution in [-0.2, 0) is 4.74 Å². The summed E-state index contributed by atoms with van der Waals surface area (Å²) in [5, 5.41) is 4.55. The van der Waals surface area contributed by atoms with Crippen LogP contribution in [0.5, 0.6) is 0 Å². The summed E-state index contributed by atoms with van der Waals surface area (Å²) in [5.74, 6) is 0. The fourth-order valence-electron chi connectivity index (χ4n) is 2.12. The first-order valence-electron chi connectivity index (χ1n) is 7.47. The zero-order chi connectivity index (χ0) is 15.1. The normalized spacial score (nSPS) is 14.6. The second-order valence-corrected chi connectivity index (χ2v) is 7.66. The molecule has 0 radical (unpaired) electrons. The van der Waals surface area contributed by atoms with Crippen LogP contribution >= 0.6 is 11.8 Å². The summed E-state index contributed by atoms with van der Waals surface area (Å²) in [6.45, 7) is 11.0. The zero-order valence-corrected chi connectivity index (χ0v) is 14.5. The van der Waals surface area contributed by atoms with E-state index < -0.39 is 0 Å². The molecular weight excluding hydrogens is 266 g/mol. The Balaban J connectivity index is 2.79. The molecule has 0 fully saturated rings. The molecule has 2 unspecified atom stereocenters. The smallest absolute Gasteiger partial charge is 0.0557 e. The van der Waals surface area contributed by atoms with Crippen LogP contribution in [0, 0.1) is 0 Å². The third-order valence-corrected chi connectivity index (χ3v) is 4.46. The van der Waals surface area contributed by atoms with Crippen molar-refractivity contribution >= 4 is 17.4 Å². The lowest BCUT2D eigenvalue weighted by atomic mass is 10.1. The van der Waals surface area contributed by atoms with Crippen molar-refractivity contribution in [3.63, 3.8) is 0 Å². The van der Waals surface area contributed by atoms with Crippen molar-refractivity contribution in [1.82, 2.24) is 0 Å². The second-order valence-electron chi connectivity index (χ2n) is 5.88. The molecule has 0 spiro atoms. The molecule has 1 aromatic carbocycles. The van der Waals surface area contributed by atoms with Gasteiger partial charge in [0.1, 0.15) is 0 Å². The summed E-state index contributed by atoms with van der Waals surface area (Å²) in [7, 11) is 1.79. The third-order valence-electron chi connectivity index (χ3n) is 3.12. The Morgan fingerprint density at radius 2 is 1.65 bits per heavy atom. The van der Waals surface area contributed by atoms with Gasteiger partial charge < -0.3 is 10.1 Å². The summed E-state index contributed by atoms with van der Waals surface area (Å²) >= 11 is 2.02. The maximum absolute atomic E-state index is 5.43. The molecule has 0 aliphatic rings. The summed E-state index contributed by atoms with van der Waals surface area (Å²) in [6, 6.07) is 9.32. The average molecular weight is 295 g/mol. The van der Waals surface area contributed by atoms with Crippen LogP contribution in [0.1, 0.15) is 51.9 Å². The molecule has 0 aliphatic heterocycles. The Morgan fingerprint density at radius 3 is 2.10 bits per heavy atom. The van der Waals surface area contributed by atoms with Crippen molar-refractivity contribution in [2.45, 2.75) is 63.7 Å². The first-order chi connectivity index (χ1) is 9.42. The van der Waals surface area contributed by atoms with Gasteiger partial charge in [0.15, 0.2) is 0 Å². The van der Waals surface area contributed by atoms with E-state index in [1.54, 1.807) is 7.11 Å². The van der Waals surface area contributed by atoms with E-state index in [9.17, 15) is 0 Å². The van der Waals surface area contributed by atoms with Crippen molar-refractivity contribution in [2.24, 2.45) is 0 Å². The standard InChI is InChI=1S/C17H29NOS/c1-12(2)18-16-9-7-15(8-10-16)17(20-13(3)4)11-14(5)19-6/h7-10,12-14,17-18H,11H2,1-6H3. The molecule has 0 heterocycles. The van der Waals surface area contributed by atoms with Gasteiger partial charge in [-0.05, 0) is 50.1 Å². The number of hydrogen-bond donors (Lipinski definition) is 1. The largest absolute Gasteiger partial charge is 0.383 e. The van der Waals surface area contributed by atoms with Gasteiger partial charge in [0.2, 0.25) is 0 Å². The van der Waals surface area contributed by atoms with Crippen LogP contribution < -0.4 is 5.32 Å². The molecule has 3 heteroatoms. The molecule has 1 N–H and O–H groups in total. The Kier molecular flexibility index (Phi) is 7.46. The molecule has 114 valence electrons. The molecule has 2 atom stereocenters. The SMILES string of the molecule is COC(C)CC(SC(C)C)c1ccc(NC(C)C)cc1. The van der Waals surface area contributed by atoms with E-state index in [0.717, 1.165) is 6.42 Å². The highest BCUT2D eigenvalue weighted by Crippen LogP contribution is 2.36. The minimum Gasteiger partial charge on any atom is -0.383 e. The van der Waals surface area contributed by atoms with E-state index in [1.807, 2.05) is 11.8 Å². The van der Waals surface area contributed by atoms with Gasteiger partial charge in [-0.15, -0.1) is 0 Å². The van der Waals surface area contributed by atoms with Crippen LogP contribution in [0.3, 0.4) is 0 Å². The van der Waals surface area contributed by atoms with Gasteiger partial charge in [-0.3, -0.25) is 0 Å². The maximum atomic E-state index is 5.43. The number of thioether (sulfide) groups is 1. The average Bonchev–Trinajstić information content (AvgIpc) is 2.37. The van der Waals surface area contributed by atoms with E-state index in [1.165, 1.54) is 11.3 Å². The molecule has 0 aromatic heterocycles. The minimum atomic E-state index is 0.291. The van der Waals surface area contributed by atoms with Gasteiger partial charge in [0.05, 0.1) is 6.10 Å². The highest BCUT2D eigenvalue weighted by Gasteiger charge is 2.17. The first kappa shape index (κ1) is 17.4. The maximum Gasteiger partial charge on any atom is 0.0557 e. The fraction of sp³-hybridized carbons (Fsp3) is 0.647. The molecule has 0 aliphatic carbocycles. The van der Waals surface area contributed by atoms with Crippen molar-refractivity contribution in [1.29, 1.82) is 0 Å². The number of nitrogens with one attached hydrogen (secondary N) is 1. The highest BCUT2D eigenvalue weighted by molar-refractivity contribution is 8.00. The van der Waals surface area contributed by atoms with E-state index in [-0.39, 0.29) is 0 Å². The molecule has 1 aromatic rings. The molecule has 0 saturated carbocycles. The minimum absolute atomic E-state index is 0.291. The number of hydrogen-bond acceptors (Lipinski definition) is 3. The number of benzene rings is 1. The molecule has 0 bridgehead atoms. The molecule has 1 rings (SSSR count). The lowest BCUT2D eigenvalue weighted by Gasteiger charge is -2.22. The molecule has 2 nitrogen and oxygen atoms in total. The first-order valence-corrected chi connectivity index (χ1v) is 8.41. The van der Waals surface area contributed by atoms with E-state index in [2.05, 4.69) is 64.2 Å². The Morgan fingerprint density at radius 1 is 1.05 bits per heavy atom. The monoisotopic (exact) mass is 295 g/mol. The van der Waals surface area contributed by atoms with E-state index in [4.69, 9.17) is 4.74 Å². The molecule has 20 heavy (non-hydrogen) atoms. The highest BCUT2D eigenvalue weighted by atomic mass is 32.2. The van der Waals surface area contributed by atoms with Crippen molar-refractivity contribution < 1.29 is 4.74 Å². The zero-order valence-electron chi connectivity index (χ0n) is 13.6. The fourth-order valence-corrected chi connectivity index (χ4v) is 3.48. The van der Waals surface area contributed by atoms with Gasteiger partial charge in [-0.25, -0.2) is 0 Å². The van der Waals surface area contributed by atoms with Crippen LogP contribution in [0.2, 0.25) is 0 Å². The van der Waals surface area contributed by atoms with Crippen molar-refractivity contribution in [3.05, 3.63) is 29.8 Å². The summed E-state index contributed by atoms with van der Waals surface area (Å²) in [5.41, 5.74) is 2.58. The molecule has 0 saturated heterocycles. The van der Waals surface area contributed by atoms with Crippen LogP contribution in [0.25, 0.3) is 0 Å². The Hall–Kier alpha value is -0.670. The quantitative estimate of drug-likeness (QED) is 0.719. The van der Waals surface area contributed by atoms with Gasteiger partial charge in [-0.2, -0.15) is 11.8 Å². The Labute approximate surface area is 128 Å². The lowest BCUT2D eigenvalue weighted by Crippen LogP contribution is -2.12. The topological polar surface area (TPSA) is 21.3 Å². The van der Waals surface area contributed by atoms with E-state index in [0.29, 0.717) is 22.6 Å². The third kappa shape index (κ3) is 6.19. The summed E-state index contributed by atoms with van der Waals surface area (Å²) < 4.78 is 5.43. The Bertz CT molecular complexity index is 375. The van der Waals surface area contributed by atoms with Gasteiger partial charge in [0, 0.05) is 24.1 Å². The number of rotatable bonds is 8. The van der Waals surface area contributed by atoms with Crippen molar-refractivity contribution in [3.8, 4) is 0 Å². The van der Waals surface area contributed by atoms with Gasteiger partial charge in [0.25, 0.3) is 0 Å². The van der Waals surface area contributed by atoms with Crippen molar-refractivity contribution in [2.75, 3.05) is 12.4 Å². The second kappa shape index (κ2) is 8.58. The van der Waals surface area contributed by atoms with Crippen LogP contribution in [0.4, 0.5) is 5.69 Å². The molecule has 0 amide bonds. The number of anilines is 1. The number of ether oxygens (including phenoxy) is 1. The van der Waals surface area contributed by atoms with Gasteiger partial charge in [-0.1, -0.05) is 26.0 Å². The van der Waals surface area contributed by atoms with Crippen LogP contribution in [-0.4, -0.2) is 24.5 Å².